The molecule has 1 aliphatic heterocycles. The molecule has 2 heterocycles. The maximum atomic E-state index is 13.3. The molecule has 1 saturated heterocycles. The molecule has 1 unspecified atom stereocenters. The predicted molar refractivity (Wildman–Crippen MR) is 57.3 cm³/mol. The number of methoxy groups -OCH3 is 1. The monoisotopic (exact) mass is 238 g/mol. The van der Waals surface area contributed by atoms with Crippen molar-refractivity contribution in [2.45, 2.75) is 12.5 Å². The molecule has 0 aromatic carbocycles. The van der Waals surface area contributed by atoms with Crippen molar-refractivity contribution in [1.29, 1.82) is 0 Å². The Bertz CT molecular complexity index is 464. The number of hydrogen-bond acceptors (Lipinski definition) is 5. The Kier molecular flexibility index (Phi) is 3.03. The Balaban J connectivity index is 2.32. The third kappa shape index (κ3) is 1.86. The highest BCUT2D eigenvalue weighted by Gasteiger charge is 2.36. The quantitative estimate of drug-likeness (QED) is 0.575. The Hall–Kier alpha value is -1.98. The first kappa shape index (κ1) is 11.5. The fourth-order valence-electron chi connectivity index (χ4n) is 1.84. The van der Waals surface area contributed by atoms with Crippen LogP contribution in [0.25, 0.3) is 0 Å². The third-order valence-corrected chi connectivity index (χ3v) is 2.84. The van der Waals surface area contributed by atoms with Crippen molar-refractivity contribution < 1.29 is 18.7 Å². The van der Waals surface area contributed by atoms with E-state index in [9.17, 15) is 14.0 Å². The van der Waals surface area contributed by atoms with Gasteiger partial charge in [-0.3, -0.25) is 9.78 Å². The number of aldehydes is 1. The molecule has 1 fully saturated rings. The van der Waals surface area contributed by atoms with Crippen LogP contribution in [-0.4, -0.2) is 36.9 Å². The summed E-state index contributed by atoms with van der Waals surface area (Å²) in [5.41, 5.74) is 0.259. The molecule has 5 nitrogen and oxygen atoms in total. The molecule has 1 aromatic rings. The van der Waals surface area contributed by atoms with E-state index in [-0.39, 0.29) is 5.56 Å². The van der Waals surface area contributed by atoms with Gasteiger partial charge >= 0.3 is 5.97 Å². The van der Waals surface area contributed by atoms with Crippen LogP contribution in [0.3, 0.4) is 0 Å². The van der Waals surface area contributed by atoms with Crippen LogP contribution in [0.15, 0.2) is 12.4 Å². The summed E-state index contributed by atoms with van der Waals surface area (Å²) in [6, 6.07) is -0.456. The molecular formula is C11H11FN2O3. The Morgan fingerprint density at radius 1 is 1.65 bits per heavy atom. The van der Waals surface area contributed by atoms with Crippen molar-refractivity contribution in [3.8, 4) is 0 Å². The minimum Gasteiger partial charge on any atom is -0.467 e. The van der Waals surface area contributed by atoms with Crippen molar-refractivity contribution in [2.24, 2.45) is 0 Å². The maximum Gasteiger partial charge on any atom is 0.328 e. The van der Waals surface area contributed by atoms with Crippen LogP contribution in [0.2, 0.25) is 0 Å². The van der Waals surface area contributed by atoms with E-state index in [1.807, 2.05) is 0 Å². The van der Waals surface area contributed by atoms with Crippen LogP contribution >= 0.6 is 0 Å². The van der Waals surface area contributed by atoms with Crippen molar-refractivity contribution in [3.63, 3.8) is 0 Å². The van der Waals surface area contributed by atoms with Gasteiger partial charge in [-0.05, 0) is 6.42 Å². The molecule has 6 heteroatoms. The third-order valence-electron chi connectivity index (χ3n) is 2.84. The summed E-state index contributed by atoms with van der Waals surface area (Å²) in [7, 11) is 1.29. The summed E-state index contributed by atoms with van der Waals surface area (Å²) in [5.74, 6) is -1.08. The van der Waals surface area contributed by atoms with E-state index in [0.717, 1.165) is 6.20 Å². The summed E-state index contributed by atoms with van der Waals surface area (Å²) in [6.45, 7) is 0.575. The van der Waals surface area contributed by atoms with Gasteiger partial charge in [0.05, 0.1) is 30.8 Å². The SMILES string of the molecule is COC(=O)C1CCN1c1cncc(F)c1C=O. The lowest BCUT2D eigenvalue weighted by molar-refractivity contribution is -0.143. The molecule has 1 aromatic heterocycles. The van der Waals surface area contributed by atoms with Gasteiger partial charge in [0.15, 0.2) is 12.1 Å². The lowest BCUT2D eigenvalue weighted by Gasteiger charge is -2.40. The topological polar surface area (TPSA) is 59.5 Å². The van der Waals surface area contributed by atoms with Gasteiger partial charge in [0, 0.05) is 6.54 Å². The van der Waals surface area contributed by atoms with E-state index in [4.69, 9.17) is 0 Å². The number of esters is 1. The minimum absolute atomic E-state index is 0.0754. The van der Waals surface area contributed by atoms with E-state index < -0.39 is 17.8 Å². The molecule has 0 spiro atoms. The van der Waals surface area contributed by atoms with Gasteiger partial charge in [0.2, 0.25) is 0 Å². The fraction of sp³-hybridized carbons (Fsp3) is 0.364. The number of hydrogen-bond donors (Lipinski definition) is 0. The van der Waals surface area contributed by atoms with E-state index in [0.29, 0.717) is 24.9 Å². The lowest BCUT2D eigenvalue weighted by Crippen LogP contribution is -2.53. The van der Waals surface area contributed by atoms with Crippen LogP contribution in [0.1, 0.15) is 16.8 Å². The van der Waals surface area contributed by atoms with Gasteiger partial charge in [0.1, 0.15) is 6.04 Å². The second-order valence-electron chi connectivity index (χ2n) is 3.69. The first-order chi connectivity index (χ1) is 8.19. The van der Waals surface area contributed by atoms with E-state index in [2.05, 4.69) is 9.72 Å². The van der Waals surface area contributed by atoms with Crippen molar-refractivity contribution >= 4 is 17.9 Å². The molecule has 2 rings (SSSR count). The van der Waals surface area contributed by atoms with E-state index in [1.165, 1.54) is 13.3 Å². The van der Waals surface area contributed by atoms with E-state index in [1.54, 1.807) is 4.90 Å². The van der Waals surface area contributed by atoms with Gasteiger partial charge in [-0.15, -0.1) is 0 Å². The number of ether oxygens (including phenoxy) is 1. The van der Waals surface area contributed by atoms with Crippen molar-refractivity contribution in [3.05, 3.63) is 23.8 Å². The maximum absolute atomic E-state index is 13.3. The van der Waals surface area contributed by atoms with Gasteiger partial charge in [0.25, 0.3) is 0 Å². The van der Waals surface area contributed by atoms with Crippen LogP contribution < -0.4 is 4.90 Å². The van der Waals surface area contributed by atoms with Crippen molar-refractivity contribution in [2.75, 3.05) is 18.6 Å². The number of pyridine rings is 1. The average Bonchev–Trinajstić information content (AvgIpc) is 2.28. The number of rotatable bonds is 3. The molecule has 0 bridgehead atoms. The van der Waals surface area contributed by atoms with Gasteiger partial charge in [-0.1, -0.05) is 0 Å². The van der Waals surface area contributed by atoms with Crippen LogP contribution in [-0.2, 0) is 9.53 Å². The summed E-state index contributed by atoms with van der Waals surface area (Å²) < 4.78 is 18.0. The zero-order chi connectivity index (χ0) is 12.4. The van der Waals surface area contributed by atoms with Gasteiger partial charge in [-0.2, -0.15) is 0 Å². The normalized spacial score (nSPS) is 18.5. The van der Waals surface area contributed by atoms with Gasteiger partial charge < -0.3 is 9.64 Å². The minimum atomic E-state index is -0.687. The van der Waals surface area contributed by atoms with Crippen LogP contribution in [0.4, 0.5) is 10.1 Å². The molecule has 0 radical (unpaired) electrons. The number of aromatic nitrogens is 1. The average molecular weight is 238 g/mol. The zero-order valence-electron chi connectivity index (χ0n) is 9.22. The highest BCUT2D eigenvalue weighted by molar-refractivity contribution is 5.89. The number of halogens is 1. The molecule has 90 valence electrons. The highest BCUT2D eigenvalue weighted by Crippen LogP contribution is 2.29. The number of anilines is 1. The first-order valence-electron chi connectivity index (χ1n) is 5.12. The summed E-state index contributed by atoms with van der Waals surface area (Å²) >= 11 is 0. The fourth-order valence-corrected chi connectivity index (χ4v) is 1.84. The summed E-state index contributed by atoms with van der Waals surface area (Å²) in [6.07, 6.45) is 3.41. The van der Waals surface area contributed by atoms with Crippen LogP contribution in [0.5, 0.6) is 0 Å². The summed E-state index contributed by atoms with van der Waals surface area (Å²) in [5, 5.41) is 0. The van der Waals surface area contributed by atoms with Crippen molar-refractivity contribution in [1.82, 2.24) is 4.98 Å². The largest absolute Gasteiger partial charge is 0.467 e. The predicted octanol–water partition coefficient (Wildman–Crippen LogP) is 0.785. The molecular weight excluding hydrogens is 227 g/mol. The van der Waals surface area contributed by atoms with Gasteiger partial charge in [-0.25, -0.2) is 9.18 Å². The number of nitrogens with zero attached hydrogens (tertiary/aromatic N) is 2. The van der Waals surface area contributed by atoms with E-state index >= 15 is 0 Å². The molecule has 0 aliphatic carbocycles. The molecule has 17 heavy (non-hydrogen) atoms. The second kappa shape index (κ2) is 4.48. The number of carbonyl (C=O) groups is 2. The molecule has 0 N–H and O–H groups in total. The molecule has 1 aliphatic rings. The molecule has 1 atom stereocenters. The lowest BCUT2D eigenvalue weighted by atomic mass is 10.0. The first-order valence-corrected chi connectivity index (χ1v) is 5.12. The summed E-state index contributed by atoms with van der Waals surface area (Å²) in [4.78, 5) is 27.5. The Morgan fingerprint density at radius 3 is 2.94 bits per heavy atom. The molecule has 0 saturated carbocycles. The molecule has 0 amide bonds. The van der Waals surface area contributed by atoms with Crippen LogP contribution in [0, 0.1) is 5.82 Å². The number of carbonyl (C=O) groups excluding carboxylic acids is 2. The Morgan fingerprint density at radius 2 is 2.41 bits per heavy atom. The second-order valence-corrected chi connectivity index (χ2v) is 3.69. The highest BCUT2D eigenvalue weighted by atomic mass is 19.1. The zero-order valence-corrected chi connectivity index (χ0v) is 9.22. The Labute approximate surface area is 97.2 Å². The standard InChI is InChI=1S/C11H11FN2O3/c1-17-11(16)9-2-3-14(9)10-5-13-4-8(12)7(10)6-15/h4-6,9H,2-3H2,1H3. The smallest absolute Gasteiger partial charge is 0.328 e.